The van der Waals surface area contributed by atoms with Crippen LogP contribution in [-0.2, 0) is 4.79 Å². The van der Waals surface area contributed by atoms with Crippen molar-refractivity contribution < 1.29 is 20.1 Å². The molecule has 0 fully saturated rings. The maximum absolute atomic E-state index is 11.6. The van der Waals surface area contributed by atoms with Crippen LogP contribution in [0.1, 0.15) is 17.0 Å². The quantitative estimate of drug-likeness (QED) is 0.730. The Hall–Kier alpha value is -1.53. The number of rotatable bonds is 3. The van der Waals surface area contributed by atoms with Crippen LogP contribution in [0.25, 0.3) is 0 Å². The number of halogens is 2. The van der Waals surface area contributed by atoms with Gasteiger partial charge >= 0.3 is 5.97 Å². The topological polar surface area (TPSA) is 77.8 Å². The zero-order valence-electron chi connectivity index (χ0n) is 10.0. The normalized spacial score (nSPS) is 10.8. The highest BCUT2D eigenvalue weighted by molar-refractivity contribution is 9.10. The smallest absolute Gasteiger partial charge is 0.315 e. The lowest BCUT2D eigenvalue weighted by molar-refractivity contribution is -0.137. The molecule has 0 atom stereocenters. The standard InChI is InChI=1S/C14H10Br2O4/c15-7-1-3-11(17)9(5-7)13(14(19)20)10-6-8(16)2-4-12(10)18/h1-6,13,17-18H,(H,19,20). The minimum absolute atomic E-state index is 0.139. The molecule has 0 aliphatic rings. The van der Waals surface area contributed by atoms with Gasteiger partial charge < -0.3 is 15.3 Å². The molecule has 0 aliphatic heterocycles. The van der Waals surface area contributed by atoms with Crippen LogP contribution < -0.4 is 0 Å². The van der Waals surface area contributed by atoms with Crippen LogP contribution in [0.5, 0.6) is 11.5 Å². The molecule has 2 rings (SSSR count). The molecule has 3 N–H and O–H groups in total. The highest BCUT2D eigenvalue weighted by atomic mass is 79.9. The lowest BCUT2D eigenvalue weighted by Crippen LogP contribution is -2.13. The third kappa shape index (κ3) is 2.96. The number of carboxylic acids is 1. The van der Waals surface area contributed by atoms with Crippen LogP contribution in [0.15, 0.2) is 45.3 Å². The van der Waals surface area contributed by atoms with Gasteiger partial charge in [-0.1, -0.05) is 31.9 Å². The van der Waals surface area contributed by atoms with Crippen LogP contribution in [0.4, 0.5) is 0 Å². The predicted octanol–water partition coefficient (Wildman–Crippen LogP) is 3.84. The first-order valence-electron chi connectivity index (χ1n) is 5.60. The Kier molecular flexibility index (Phi) is 4.35. The van der Waals surface area contributed by atoms with E-state index in [2.05, 4.69) is 31.9 Å². The van der Waals surface area contributed by atoms with E-state index in [9.17, 15) is 20.1 Å². The molecule has 4 nitrogen and oxygen atoms in total. The summed E-state index contributed by atoms with van der Waals surface area (Å²) in [4.78, 5) is 11.6. The first-order valence-corrected chi connectivity index (χ1v) is 7.18. The third-order valence-corrected chi connectivity index (χ3v) is 3.83. The molecule has 0 saturated heterocycles. The van der Waals surface area contributed by atoms with Crippen LogP contribution in [-0.4, -0.2) is 21.3 Å². The van der Waals surface area contributed by atoms with Gasteiger partial charge in [-0.15, -0.1) is 0 Å². The fourth-order valence-electron chi connectivity index (χ4n) is 1.95. The van der Waals surface area contributed by atoms with Crippen molar-refractivity contribution in [2.75, 3.05) is 0 Å². The monoisotopic (exact) mass is 400 g/mol. The zero-order valence-corrected chi connectivity index (χ0v) is 13.2. The second-order valence-electron chi connectivity index (χ2n) is 4.18. The summed E-state index contributed by atoms with van der Waals surface area (Å²) in [5.41, 5.74) is 0.417. The van der Waals surface area contributed by atoms with Crippen molar-refractivity contribution in [1.29, 1.82) is 0 Å². The molecule has 0 radical (unpaired) electrons. The Balaban J connectivity index is 2.65. The van der Waals surface area contributed by atoms with Gasteiger partial charge in [-0.25, -0.2) is 0 Å². The zero-order chi connectivity index (χ0) is 14.9. The number of hydrogen-bond acceptors (Lipinski definition) is 3. The summed E-state index contributed by atoms with van der Waals surface area (Å²) >= 11 is 6.49. The summed E-state index contributed by atoms with van der Waals surface area (Å²) in [7, 11) is 0. The van der Waals surface area contributed by atoms with E-state index in [0.29, 0.717) is 8.95 Å². The molecule has 104 valence electrons. The van der Waals surface area contributed by atoms with Gasteiger partial charge in [0.2, 0.25) is 0 Å². The second-order valence-corrected chi connectivity index (χ2v) is 6.01. The van der Waals surface area contributed by atoms with Crippen molar-refractivity contribution in [1.82, 2.24) is 0 Å². The van der Waals surface area contributed by atoms with Gasteiger partial charge in [0.25, 0.3) is 0 Å². The molecule has 0 saturated carbocycles. The fourth-order valence-corrected chi connectivity index (χ4v) is 2.70. The Morgan fingerprint density at radius 3 is 1.65 bits per heavy atom. The molecule has 0 unspecified atom stereocenters. The Labute approximate surface area is 131 Å². The van der Waals surface area contributed by atoms with Crippen molar-refractivity contribution in [3.05, 3.63) is 56.5 Å². The number of benzene rings is 2. The molecule has 0 aliphatic carbocycles. The predicted molar refractivity (Wildman–Crippen MR) is 81.1 cm³/mol. The highest BCUT2D eigenvalue weighted by Crippen LogP contribution is 2.38. The van der Waals surface area contributed by atoms with E-state index in [4.69, 9.17) is 0 Å². The van der Waals surface area contributed by atoms with Gasteiger partial charge in [0.1, 0.15) is 17.4 Å². The van der Waals surface area contributed by atoms with Crippen molar-refractivity contribution in [2.45, 2.75) is 5.92 Å². The number of carbonyl (C=O) groups is 1. The summed E-state index contributed by atoms with van der Waals surface area (Å²) in [6.45, 7) is 0. The number of aromatic hydroxyl groups is 2. The number of hydrogen-bond donors (Lipinski definition) is 3. The fraction of sp³-hybridized carbons (Fsp3) is 0.0714. The van der Waals surface area contributed by atoms with Crippen molar-refractivity contribution in [2.24, 2.45) is 0 Å². The second kappa shape index (κ2) is 5.85. The van der Waals surface area contributed by atoms with Crippen LogP contribution in [0.3, 0.4) is 0 Å². The molecular weight excluding hydrogens is 392 g/mol. The SMILES string of the molecule is O=C(O)C(c1cc(Br)ccc1O)c1cc(Br)ccc1O. The van der Waals surface area contributed by atoms with Crippen LogP contribution in [0.2, 0.25) is 0 Å². The minimum Gasteiger partial charge on any atom is -0.508 e. The maximum atomic E-state index is 11.6. The molecule has 2 aromatic carbocycles. The van der Waals surface area contributed by atoms with Gasteiger partial charge in [0.15, 0.2) is 0 Å². The Bertz CT molecular complexity index is 619. The van der Waals surface area contributed by atoms with E-state index >= 15 is 0 Å². The first-order chi connectivity index (χ1) is 9.40. The van der Waals surface area contributed by atoms with E-state index in [1.54, 1.807) is 12.1 Å². The van der Waals surface area contributed by atoms with Gasteiger partial charge in [0.05, 0.1) is 0 Å². The lowest BCUT2D eigenvalue weighted by atomic mass is 9.90. The Morgan fingerprint density at radius 1 is 0.900 bits per heavy atom. The summed E-state index contributed by atoms with van der Waals surface area (Å²) in [5, 5.41) is 29.3. The number of aliphatic carboxylic acids is 1. The maximum Gasteiger partial charge on any atom is 0.315 e. The van der Waals surface area contributed by atoms with E-state index in [0.717, 1.165) is 0 Å². The highest BCUT2D eigenvalue weighted by Gasteiger charge is 2.28. The molecule has 0 aromatic heterocycles. The Morgan fingerprint density at radius 2 is 1.30 bits per heavy atom. The lowest BCUT2D eigenvalue weighted by Gasteiger charge is -2.16. The van der Waals surface area contributed by atoms with Gasteiger partial charge in [-0.05, 0) is 36.4 Å². The number of phenols is 2. The number of phenolic OH excluding ortho intramolecular Hbond substituents is 2. The molecule has 2 aromatic rings. The molecule has 0 spiro atoms. The number of carboxylic acid groups (broad SMARTS) is 1. The molecule has 20 heavy (non-hydrogen) atoms. The van der Waals surface area contributed by atoms with Crippen molar-refractivity contribution in [3.63, 3.8) is 0 Å². The summed E-state index contributed by atoms with van der Waals surface area (Å²) in [6.07, 6.45) is 0. The molecule has 0 amide bonds. The summed E-state index contributed by atoms with van der Waals surface area (Å²) in [6, 6.07) is 9.08. The van der Waals surface area contributed by atoms with E-state index in [-0.39, 0.29) is 22.6 Å². The van der Waals surface area contributed by atoms with E-state index in [1.807, 2.05) is 0 Å². The van der Waals surface area contributed by atoms with E-state index in [1.165, 1.54) is 24.3 Å². The average molecular weight is 402 g/mol. The van der Waals surface area contributed by atoms with Crippen LogP contribution in [0, 0.1) is 0 Å². The summed E-state index contributed by atoms with van der Waals surface area (Å²) in [5.74, 6) is -2.60. The average Bonchev–Trinajstić information content (AvgIpc) is 2.37. The third-order valence-electron chi connectivity index (χ3n) is 2.85. The molecular formula is C14H10Br2O4. The van der Waals surface area contributed by atoms with Crippen LogP contribution >= 0.6 is 31.9 Å². The first kappa shape index (κ1) is 14.9. The summed E-state index contributed by atoms with van der Waals surface area (Å²) < 4.78 is 1.29. The van der Waals surface area contributed by atoms with Gasteiger partial charge in [-0.2, -0.15) is 0 Å². The van der Waals surface area contributed by atoms with E-state index < -0.39 is 11.9 Å². The molecule has 6 heteroatoms. The molecule has 0 heterocycles. The van der Waals surface area contributed by atoms with Crippen molar-refractivity contribution >= 4 is 37.8 Å². The molecule has 0 bridgehead atoms. The van der Waals surface area contributed by atoms with Crippen molar-refractivity contribution in [3.8, 4) is 11.5 Å². The van der Waals surface area contributed by atoms with Gasteiger partial charge in [0, 0.05) is 20.1 Å². The minimum atomic E-state index is -1.16. The van der Waals surface area contributed by atoms with Gasteiger partial charge in [-0.3, -0.25) is 4.79 Å². The largest absolute Gasteiger partial charge is 0.508 e.